The Hall–Kier alpha value is -1.10. The molecule has 0 aromatic heterocycles. The first kappa shape index (κ1) is 9.98. The van der Waals surface area contributed by atoms with Gasteiger partial charge in [0.05, 0.1) is 5.60 Å². The van der Waals surface area contributed by atoms with Gasteiger partial charge in [0, 0.05) is 0 Å². The van der Waals surface area contributed by atoms with Crippen LogP contribution in [0.5, 0.6) is 0 Å². The first-order valence-corrected chi connectivity index (χ1v) is 3.90. The summed E-state index contributed by atoms with van der Waals surface area (Å²) in [6.45, 7) is 3.29. The van der Waals surface area contributed by atoms with Gasteiger partial charge in [-0.3, -0.25) is 9.59 Å². The van der Waals surface area contributed by atoms with Gasteiger partial charge in [0.1, 0.15) is 0 Å². The van der Waals surface area contributed by atoms with Crippen molar-refractivity contribution < 1.29 is 24.9 Å². The van der Waals surface area contributed by atoms with Crippen molar-refractivity contribution in [1.82, 2.24) is 0 Å². The highest BCUT2D eigenvalue weighted by atomic mass is 16.4. The second kappa shape index (κ2) is 2.45. The van der Waals surface area contributed by atoms with E-state index in [9.17, 15) is 14.7 Å². The molecule has 0 heterocycles. The SMILES string of the molecule is CC1(C)CC1(O)C(C(=O)O)C(=O)O. The summed E-state index contributed by atoms with van der Waals surface area (Å²) in [5.74, 6) is -4.69. The van der Waals surface area contributed by atoms with E-state index in [0.29, 0.717) is 0 Å². The van der Waals surface area contributed by atoms with Crippen LogP contribution in [0, 0.1) is 11.3 Å². The summed E-state index contributed by atoms with van der Waals surface area (Å²) in [5, 5.41) is 26.9. The number of rotatable bonds is 3. The molecule has 74 valence electrons. The van der Waals surface area contributed by atoms with Gasteiger partial charge >= 0.3 is 11.9 Å². The second-order valence-electron chi connectivity index (χ2n) is 4.09. The lowest BCUT2D eigenvalue weighted by molar-refractivity contribution is -0.162. The highest BCUT2D eigenvalue weighted by molar-refractivity contribution is 5.95. The lowest BCUT2D eigenvalue weighted by Gasteiger charge is -2.18. The smallest absolute Gasteiger partial charge is 0.320 e. The molecule has 3 N–H and O–H groups in total. The maximum absolute atomic E-state index is 10.6. The fraction of sp³-hybridized carbons (Fsp3) is 0.750. The van der Waals surface area contributed by atoms with Crippen molar-refractivity contribution in [3.63, 3.8) is 0 Å². The van der Waals surface area contributed by atoms with E-state index in [1.165, 1.54) is 0 Å². The molecule has 0 bridgehead atoms. The minimum Gasteiger partial charge on any atom is -0.481 e. The highest BCUT2D eigenvalue weighted by Crippen LogP contribution is 2.59. The number of carbonyl (C=O) groups is 2. The zero-order chi connectivity index (χ0) is 10.4. The molecule has 1 fully saturated rings. The number of carboxylic acid groups (broad SMARTS) is 2. The molecular formula is C8H12O5. The van der Waals surface area contributed by atoms with Gasteiger partial charge in [-0.1, -0.05) is 13.8 Å². The van der Waals surface area contributed by atoms with Crippen LogP contribution in [-0.4, -0.2) is 32.9 Å². The summed E-state index contributed by atoms with van der Waals surface area (Å²) in [6, 6.07) is 0. The molecule has 1 unspecified atom stereocenters. The molecule has 1 aliphatic rings. The average molecular weight is 188 g/mol. The molecule has 13 heavy (non-hydrogen) atoms. The largest absolute Gasteiger partial charge is 0.481 e. The number of aliphatic hydroxyl groups is 1. The number of aliphatic carboxylic acids is 2. The third-order valence-electron chi connectivity index (χ3n) is 2.73. The molecule has 5 nitrogen and oxygen atoms in total. The highest BCUT2D eigenvalue weighted by Gasteiger charge is 2.69. The van der Waals surface area contributed by atoms with Gasteiger partial charge in [0.25, 0.3) is 0 Å². The van der Waals surface area contributed by atoms with Gasteiger partial charge in [-0.2, -0.15) is 0 Å². The second-order valence-corrected chi connectivity index (χ2v) is 4.09. The van der Waals surface area contributed by atoms with Crippen LogP contribution >= 0.6 is 0 Å². The Morgan fingerprint density at radius 3 is 1.62 bits per heavy atom. The van der Waals surface area contributed by atoms with Crippen LogP contribution in [0.25, 0.3) is 0 Å². The van der Waals surface area contributed by atoms with Crippen molar-refractivity contribution in [2.75, 3.05) is 0 Å². The zero-order valence-electron chi connectivity index (χ0n) is 7.44. The van der Waals surface area contributed by atoms with Gasteiger partial charge < -0.3 is 15.3 Å². The van der Waals surface area contributed by atoms with Crippen LogP contribution < -0.4 is 0 Å². The molecule has 1 saturated carbocycles. The Labute approximate surface area is 75.0 Å². The van der Waals surface area contributed by atoms with E-state index < -0.39 is 28.9 Å². The Morgan fingerprint density at radius 2 is 1.54 bits per heavy atom. The molecule has 0 saturated heterocycles. The summed E-state index contributed by atoms with van der Waals surface area (Å²) < 4.78 is 0. The molecule has 0 aromatic carbocycles. The first-order chi connectivity index (χ1) is 5.72. The third-order valence-corrected chi connectivity index (χ3v) is 2.73. The number of hydrogen-bond acceptors (Lipinski definition) is 3. The Balaban J connectivity index is 2.92. The van der Waals surface area contributed by atoms with Gasteiger partial charge in [-0.25, -0.2) is 0 Å². The summed E-state index contributed by atoms with van der Waals surface area (Å²) in [4.78, 5) is 21.1. The standard InChI is InChI=1S/C8H12O5/c1-7(2)3-8(7,13)4(5(9)10)6(11)12/h4,13H,3H2,1-2H3,(H,9,10)(H,11,12). The molecule has 0 radical (unpaired) electrons. The predicted octanol–water partition coefficient (Wildman–Crippen LogP) is -0.0672. The van der Waals surface area contributed by atoms with Crippen LogP contribution in [0.15, 0.2) is 0 Å². The van der Waals surface area contributed by atoms with E-state index in [0.717, 1.165) is 0 Å². The fourth-order valence-corrected chi connectivity index (χ4v) is 1.64. The van der Waals surface area contributed by atoms with Crippen molar-refractivity contribution in [3.8, 4) is 0 Å². The van der Waals surface area contributed by atoms with E-state index in [-0.39, 0.29) is 6.42 Å². The fourth-order valence-electron chi connectivity index (χ4n) is 1.64. The van der Waals surface area contributed by atoms with E-state index in [4.69, 9.17) is 10.2 Å². The molecule has 1 aliphatic carbocycles. The zero-order valence-corrected chi connectivity index (χ0v) is 7.44. The minimum absolute atomic E-state index is 0.212. The van der Waals surface area contributed by atoms with E-state index >= 15 is 0 Å². The normalized spacial score (nSPS) is 30.2. The maximum Gasteiger partial charge on any atom is 0.320 e. The van der Waals surface area contributed by atoms with Crippen molar-refractivity contribution in [2.45, 2.75) is 25.9 Å². The molecule has 0 amide bonds. The molecule has 5 heteroatoms. The lowest BCUT2D eigenvalue weighted by Crippen LogP contribution is -2.39. The van der Waals surface area contributed by atoms with E-state index in [2.05, 4.69) is 0 Å². The van der Waals surface area contributed by atoms with Crippen molar-refractivity contribution in [2.24, 2.45) is 11.3 Å². The molecule has 0 spiro atoms. The van der Waals surface area contributed by atoms with Gasteiger partial charge in [0.15, 0.2) is 5.92 Å². The molecule has 1 rings (SSSR count). The van der Waals surface area contributed by atoms with Crippen molar-refractivity contribution >= 4 is 11.9 Å². The molecular weight excluding hydrogens is 176 g/mol. The summed E-state index contributed by atoms with van der Waals surface area (Å²) in [6.07, 6.45) is 0.212. The van der Waals surface area contributed by atoms with Gasteiger partial charge in [0.2, 0.25) is 0 Å². The third kappa shape index (κ3) is 1.29. The maximum atomic E-state index is 10.6. The monoisotopic (exact) mass is 188 g/mol. The molecule has 1 atom stereocenters. The Kier molecular flexibility index (Phi) is 1.88. The van der Waals surface area contributed by atoms with Gasteiger partial charge in [-0.15, -0.1) is 0 Å². The number of hydrogen-bond donors (Lipinski definition) is 3. The first-order valence-electron chi connectivity index (χ1n) is 3.90. The summed E-state index contributed by atoms with van der Waals surface area (Å²) in [7, 11) is 0. The van der Waals surface area contributed by atoms with Gasteiger partial charge in [-0.05, 0) is 11.8 Å². The van der Waals surface area contributed by atoms with Crippen LogP contribution in [0.2, 0.25) is 0 Å². The quantitative estimate of drug-likeness (QED) is 0.539. The predicted molar refractivity (Wildman–Crippen MR) is 42.1 cm³/mol. The van der Waals surface area contributed by atoms with Crippen LogP contribution in [0.1, 0.15) is 20.3 Å². The van der Waals surface area contributed by atoms with Crippen LogP contribution in [-0.2, 0) is 9.59 Å². The summed E-state index contributed by atoms with van der Waals surface area (Å²) >= 11 is 0. The van der Waals surface area contributed by atoms with Crippen molar-refractivity contribution in [1.29, 1.82) is 0 Å². The van der Waals surface area contributed by atoms with Crippen LogP contribution in [0.3, 0.4) is 0 Å². The lowest BCUT2D eigenvalue weighted by atomic mass is 9.93. The minimum atomic E-state index is -1.72. The van der Waals surface area contributed by atoms with E-state index in [1.54, 1.807) is 13.8 Å². The van der Waals surface area contributed by atoms with Crippen molar-refractivity contribution in [3.05, 3.63) is 0 Å². The Bertz CT molecular complexity index is 256. The van der Waals surface area contributed by atoms with Crippen LogP contribution in [0.4, 0.5) is 0 Å². The Morgan fingerprint density at radius 1 is 1.23 bits per heavy atom. The molecule has 0 aliphatic heterocycles. The number of carboxylic acids is 2. The topological polar surface area (TPSA) is 94.8 Å². The average Bonchev–Trinajstić information content (AvgIpc) is 2.27. The molecule has 0 aromatic rings. The summed E-state index contributed by atoms with van der Waals surface area (Å²) in [5.41, 5.74) is -2.21. The van der Waals surface area contributed by atoms with E-state index in [1.807, 2.05) is 0 Å².